The monoisotopic (exact) mass is 600 g/mol. The molecule has 0 unspecified atom stereocenters. The number of anilines is 2. The smallest absolute Gasteiger partial charge is 0.176 e. The lowest BCUT2D eigenvalue weighted by molar-refractivity contribution is 0.411. The van der Waals surface area contributed by atoms with Crippen LogP contribution in [0.4, 0.5) is 20.2 Å². The quantitative estimate of drug-likeness (QED) is 0.102. The van der Waals surface area contributed by atoms with Crippen LogP contribution in [0.5, 0.6) is 0 Å². The Hall–Kier alpha value is -4.41. The van der Waals surface area contributed by atoms with E-state index in [1.165, 1.54) is 12.1 Å². The average Bonchev–Trinajstić information content (AvgIpc) is 3.54. The van der Waals surface area contributed by atoms with Crippen LogP contribution < -0.4 is 11.1 Å². The molecule has 4 rings (SSSR count). The van der Waals surface area contributed by atoms with Gasteiger partial charge in [0.15, 0.2) is 5.13 Å². The highest BCUT2D eigenvalue weighted by Gasteiger charge is 2.17. The van der Waals surface area contributed by atoms with Gasteiger partial charge in [-0.2, -0.15) is 4.39 Å². The fraction of sp³-hybridized carbons (Fsp3) is 0.250. The van der Waals surface area contributed by atoms with Crippen molar-refractivity contribution in [2.24, 2.45) is 5.41 Å². The third-order valence-corrected chi connectivity index (χ3v) is 7.11. The normalized spacial score (nSPS) is 11.1. The van der Waals surface area contributed by atoms with Gasteiger partial charge in [-0.1, -0.05) is 59.9 Å². The third kappa shape index (κ3) is 9.56. The van der Waals surface area contributed by atoms with Crippen LogP contribution in [0, 0.1) is 36.1 Å². The van der Waals surface area contributed by atoms with Crippen LogP contribution in [0.2, 0.25) is 0 Å². The first-order valence-electron chi connectivity index (χ1n) is 14.0. The lowest BCUT2D eigenvalue weighted by atomic mass is 9.91. The minimum absolute atomic E-state index is 0.0886. The molecular weight excluding hydrogens is 558 g/mol. The van der Waals surface area contributed by atoms with Crippen molar-refractivity contribution in [1.82, 2.24) is 9.97 Å². The first-order valence-corrected chi connectivity index (χ1v) is 14.8. The maximum absolute atomic E-state index is 15.1. The molecule has 43 heavy (non-hydrogen) atoms. The number of aromatic nitrogens is 2. The Morgan fingerprint density at radius 3 is 2.42 bits per heavy atom. The number of nitrogens with two attached hydrogens (primary N) is 1. The summed E-state index contributed by atoms with van der Waals surface area (Å²) in [7, 11) is 0. The van der Waals surface area contributed by atoms with Crippen LogP contribution in [0.1, 0.15) is 68.4 Å². The molecule has 4 N–H and O–H groups in total. The number of rotatable bonds is 9. The van der Waals surface area contributed by atoms with Crippen LogP contribution in [0.15, 0.2) is 79.8 Å². The second-order valence-electron chi connectivity index (χ2n) is 10.9. The fourth-order valence-corrected chi connectivity index (χ4v) is 5.41. The largest absolute Gasteiger partial charge is 0.398 e. The zero-order valence-corrected chi connectivity index (χ0v) is 26.8. The molecule has 0 fully saturated rings. The number of hydrogen-bond donors (Lipinski definition) is 3. The molecule has 3 heterocycles. The first-order chi connectivity index (χ1) is 20.4. The summed E-state index contributed by atoms with van der Waals surface area (Å²) in [5.74, 6) is -0.414. The number of nitrogen functional groups attached to an aromatic ring is 1. The molecule has 0 radical (unpaired) electrons. The highest BCUT2D eigenvalue weighted by atomic mass is 32.1. The number of halogens is 2. The summed E-state index contributed by atoms with van der Waals surface area (Å²) in [6.45, 7) is 20.3. The number of aryl methyl sites for hydroxylation is 1. The van der Waals surface area contributed by atoms with E-state index in [2.05, 4.69) is 62.1 Å². The van der Waals surface area contributed by atoms with Crippen molar-refractivity contribution in [3.63, 3.8) is 0 Å². The van der Waals surface area contributed by atoms with E-state index < -0.39 is 5.82 Å². The van der Waals surface area contributed by atoms with Gasteiger partial charge in [-0.05, 0) is 60.7 Å². The van der Waals surface area contributed by atoms with E-state index in [1.54, 1.807) is 30.6 Å². The molecule has 0 saturated heterocycles. The molecule has 0 saturated carbocycles. The van der Waals surface area contributed by atoms with Gasteiger partial charge in [0, 0.05) is 62.5 Å². The minimum Gasteiger partial charge on any atom is -0.398 e. The molecule has 0 aliphatic carbocycles. The van der Waals surface area contributed by atoms with E-state index in [1.807, 2.05) is 39.0 Å². The second kappa shape index (κ2) is 15.7. The number of benzene rings is 1. The molecule has 0 spiro atoms. The van der Waals surface area contributed by atoms with Crippen LogP contribution in [-0.4, -0.2) is 9.97 Å². The molecule has 0 amide bonds. The van der Waals surface area contributed by atoms with Gasteiger partial charge in [-0.3, -0.25) is 4.98 Å². The van der Waals surface area contributed by atoms with Gasteiger partial charge < -0.3 is 16.0 Å². The van der Waals surface area contributed by atoms with Crippen LogP contribution in [0.25, 0.3) is 16.7 Å². The van der Waals surface area contributed by atoms with Crippen molar-refractivity contribution >= 4 is 28.3 Å². The maximum atomic E-state index is 15.1. The van der Waals surface area contributed by atoms with Crippen molar-refractivity contribution in [1.29, 1.82) is 0 Å². The Morgan fingerprint density at radius 2 is 1.81 bits per heavy atom. The minimum atomic E-state index is -0.414. The van der Waals surface area contributed by atoms with Crippen molar-refractivity contribution in [2.75, 3.05) is 11.1 Å². The molecule has 7 heteroatoms. The number of nitrogens with one attached hydrogen (secondary N) is 2. The lowest BCUT2D eigenvalue weighted by Crippen LogP contribution is -2.10. The van der Waals surface area contributed by atoms with Gasteiger partial charge in [0.2, 0.25) is 0 Å². The zero-order chi connectivity index (χ0) is 32.3. The van der Waals surface area contributed by atoms with E-state index in [4.69, 9.17) is 5.73 Å². The highest BCUT2D eigenvalue weighted by Crippen LogP contribution is 2.34. The molecular formula is C36H42F2N4S. The summed E-state index contributed by atoms with van der Waals surface area (Å²) in [6.07, 6.45) is 16.2. The van der Waals surface area contributed by atoms with Gasteiger partial charge in [0.1, 0.15) is 5.82 Å². The maximum Gasteiger partial charge on any atom is 0.176 e. The number of pyridine rings is 1. The van der Waals surface area contributed by atoms with Gasteiger partial charge in [0.05, 0.1) is 11.9 Å². The molecule has 0 atom stereocenters. The number of allylic oxidation sites excluding steroid dienone is 3. The van der Waals surface area contributed by atoms with Gasteiger partial charge >= 0.3 is 0 Å². The predicted molar refractivity (Wildman–Crippen MR) is 182 cm³/mol. The average molecular weight is 601 g/mol. The molecule has 3 aromatic heterocycles. The van der Waals surface area contributed by atoms with E-state index in [0.717, 1.165) is 62.1 Å². The molecule has 226 valence electrons. The van der Waals surface area contributed by atoms with Crippen molar-refractivity contribution < 1.29 is 8.78 Å². The van der Waals surface area contributed by atoms with E-state index in [0.29, 0.717) is 23.2 Å². The number of hydrogen-bond acceptors (Lipinski definition) is 4. The fourth-order valence-electron chi connectivity index (χ4n) is 4.64. The summed E-state index contributed by atoms with van der Waals surface area (Å²) in [4.78, 5) is 8.55. The number of terminal acetylenes is 1. The van der Waals surface area contributed by atoms with E-state index in [-0.39, 0.29) is 10.5 Å². The summed E-state index contributed by atoms with van der Waals surface area (Å²) >= 11 is 1.09. The second-order valence-corrected chi connectivity index (χ2v) is 11.9. The van der Waals surface area contributed by atoms with Crippen LogP contribution in [0.3, 0.4) is 0 Å². The summed E-state index contributed by atoms with van der Waals surface area (Å²) in [5, 5.41) is 3.05. The van der Waals surface area contributed by atoms with Crippen molar-refractivity contribution in [3.8, 4) is 24.0 Å². The van der Waals surface area contributed by atoms with Gasteiger partial charge in [-0.15, -0.1) is 24.2 Å². The van der Waals surface area contributed by atoms with Gasteiger partial charge in [-0.25, -0.2) is 4.39 Å². The standard InChI is InChI=1S/C32H34F2N4S.C2H6.C2H2/c1-7-8-25(30-9-10-31(34)39-30)26-14-23(38-20(26)3)11-21-13-27(28(33)15-29(21)35)22-12-24(18-36-17-22)37-19(2)16-32(4,5)6;2*1-2/h7-10,12-15,17-18,37-38H,1-2,11,16,35H2,3-6H3;1-2H3;1-2H/b25-8+;;. The van der Waals surface area contributed by atoms with Crippen molar-refractivity contribution in [3.05, 3.63) is 118 Å². The third-order valence-electron chi connectivity index (χ3n) is 6.21. The Kier molecular flexibility index (Phi) is 12.7. The number of thiophene rings is 1. The summed E-state index contributed by atoms with van der Waals surface area (Å²) < 4.78 is 28.9. The van der Waals surface area contributed by atoms with Gasteiger partial charge in [0.25, 0.3) is 0 Å². The highest BCUT2D eigenvalue weighted by molar-refractivity contribution is 7.11. The lowest BCUT2D eigenvalue weighted by Gasteiger charge is -2.20. The van der Waals surface area contributed by atoms with Crippen LogP contribution >= 0.6 is 11.3 Å². The number of H-pyrrole nitrogens is 1. The predicted octanol–water partition coefficient (Wildman–Crippen LogP) is 10.2. The molecule has 4 aromatic rings. The Morgan fingerprint density at radius 1 is 1.12 bits per heavy atom. The van der Waals surface area contributed by atoms with E-state index >= 15 is 4.39 Å². The zero-order valence-electron chi connectivity index (χ0n) is 25.9. The molecule has 0 aliphatic rings. The molecule has 1 aromatic carbocycles. The summed E-state index contributed by atoms with van der Waals surface area (Å²) in [5.41, 5.74) is 13.9. The molecule has 0 bridgehead atoms. The van der Waals surface area contributed by atoms with Crippen LogP contribution in [-0.2, 0) is 6.42 Å². The molecule has 0 aliphatic heterocycles. The first kappa shape index (κ1) is 34.8. The summed E-state index contributed by atoms with van der Waals surface area (Å²) in [6, 6.07) is 10.2. The topological polar surface area (TPSA) is 66.7 Å². The Labute approximate surface area is 259 Å². The Bertz CT molecular complexity index is 1600. The SMILES string of the molecule is C#C.C=C/C=C(/c1ccc(F)s1)c1cc(Cc2cc(-c3cncc(NC(=C)CC(C)(C)C)c3)c(F)cc2N)[nH]c1C.CC. The van der Waals surface area contributed by atoms with Crippen molar-refractivity contribution in [2.45, 2.75) is 54.4 Å². The Balaban J connectivity index is 0.00000155. The molecule has 4 nitrogen and oxygen atoms in total. The number of nitrogens with zero attached hydrogens (tertiary/aromatic N) is 1. The van der Waals surface area contributed by atoms with E-state index in [9.17, 15) is 4.39 Å². The number of aromatic amines is 1.